The predicted molar refractivity (Wildman–Crippen MR) is 92.2 cm³/mol. The van der Waals surface area contributed by atoms with E-state index in [9.17, 15) is 19.2 Å². The molecule has 0 bridgehead atoms. The van der Waals surface area contributed by atoms with E-state index in [1.54, 1.807) is 17.5 Å². The summed E-state index contributed by atoms with van der Waals surface area (Å²) in [6.45, 7) is 3.19. The fourth-order valence-electron chi connectivity index (χ4n) is 2.01. The van der Waals surface area contributed by atoms with Crippen molar-refractivity contribution in [2.45, 2.75) is 39.2 Å². The SMILES string of the molecule is CC[C@@H](C)[C@H](NC(=O)COC(=O)CCC(=O)c1cccs1)C(=O)OC. The number of nitrogens with one attached hydrogen (secondary N) is 1. The van der Waals surface area contributed by atoms with E-state index in [0.717, 1.165) is 0 Å². The molecule has 0 fully saturated rings. The molecule has 1 aromatic rings. The molecule has 0 radical (unpaired) electrons. The van der Waals surface area contributed by atoms with E-state index in [1.165, 1.54) is 18.4 Å². The third kappa shape index (κ3) is 7.04. The third-order valence-electron chi connectivity index (χ3n) is 3.70. The molecule has 2 atom stereocenters. The number of ketones is 1. The van der Waals surface area contributed by atoms with E-state index in [4.69, 9.17) is 4.74 Å². The number of rotatable bonds is 10. The summed E-state index contributed by atoms with van der Waals surface area (Å²) in [7, 11) is 1.24. The maximum atomic E-state index is 11.9. The summed E-state index contributed by atoms with van der Waals surface area (Å²) in [6.07, 6.45) is 0.596. The van der Waals surface area contributed by atoms with Gasteiger partial charge in [0.15, 0.2) is 12.4 Å². The van der Waals surface area contributed by atoms with Crippen LogP contribution in [-0.2, 0) is 23.9 Å². The Morgan fingerprint density at radius 2 is 1.96 bits per heavy atom. The van der Waals surface area contributed by atoms with Crippen LogP contribution in [0.3, 0.4) is 0 Å². The largest absolute Gasteiger partial charge is 0.467 e. The molecular weight excluding hydrogens is 346 g/mol. The van der Waals surface area contributed by atoms with Crippen LogP contribution in [0.5, 0.6) is 0 Å². The van der Waals surface area contributed by atoms with Crippen LogP contribution in [0.1, 0.15) is 42.8 Å². The molecule has 0 saturated carbocycles. The number of esters is 2. The fourth-order valence-corrected chi connectivity index (χ4v) is 2.70. The van der Waals surface area contributed by atoms with Crippen molar-refractivity contribution < 1.29 is 28.7 Å². The maximum absolute atomic E-state index is 11.9. The second-order valence-electron chi connectivity index (χ2n) is 5.52. The molecule has 0 spiro atoms. The molecule has 0 aliphatic carbocycles. The topological polar surface area (TPSA) is 98.8 Å². The van der Waals surface area contributed by atoms with E-state index >= 15 is 0 Å². The van der Waals surface area contributed by atoms with Crippen molar-refractivity contribution in [2.75, 3.05) is 13.7 Å². The number of carbonyl (C=O) groups excluding carboxylic acids is 4. The summed E-state index contributed by atoms with van der Waals surface area (Å²) in [5.41, 5.74) is 0. The Hall–Kier alpha value is -2.22. The average Bonchev–Trinajstić information content (AvgIpc) is 3.15. The van der Waals surface area contributed by atoms with Gasteiger partial charge in [0.1, 0.15) is 6.04 Å². The average molecular weight is 369 g/mol. The van der Waals surface area contributed by atoms with Gasteiger partial charge in [-0.15, -0.1) is 11.3 Å². The highest BCUT2D eigenvalue weighted by Crippen LogP contribution is 2.12. The quantitative estimate of drug-likeness (QED) is 0.500. The van der Waals surface area contributed by atoms with Crippen LogP contribution >= 0.6 is 11.3 Å². The molecule has 0 unspecified atom stereocenters. The van der Waals surface area contributed by atoms with Crippen LogP contribution < -0.4 is 5.32 Å². The van der Waals surface area contributed by atoms with Crippen molar-refractivity contribution in [1.82, 2.24) is 5.32 Å². The molecule has 0 saturated heterocycles. The van der Waals surface area contributed by atoms with E-state index in [1.807, 2.05) is 13.8 Å². The summed E-state index contributed by atoms with van der Waals surface area (Å²) in [5.74, 6) is -2.03. The predicted octanol–water partition coefficient (Wildman–Crippen LogP) is 1.96. The first-order valence-corrected chi connectivity index (χ1v) is 8.86. The van der Waals surface area contributed by atoms with Crippen molar-refractivity contribution in [1.29, 1.82) is 0 Å². The molecule has 1 rings (SSSR count). The second-order valence-corrected chi connectivity index (χ2v) is 6.46. The van der Waals surface area contributed by atoms with Crippen molar-refractivity contribution in [3.8, 4) is 0 Å². The minimum Gasteiger partial charge on any atom is -0.467 e. The molecule has 8 heteroatoms. The van der Waals surface area contributed by atoms with Crippen LogP contribution in [0.25, 0.3) is 0 Å². The highest BCUT2D eigenvalue weighted by molar-refractivity contribution is 7.12. The summed E-state index contributed by atoms with van der Waals surface area (Å²) >= 11 is 1.31. The summed E-state index contributed by atoms with van der Waals surface area (Å²) in [4.78, 5) is 47.6. The molecule has 7 nitrogen and oxygen atoms in total. The van der Waals surface area contributed by atoms with Gasteiger partial charge >= 0.3 is 11.9 Å². The van der Waals surface area contributed by atoms with E-state index in [0.29, 0.717) is 11.3 Å². The van der Waals surface area contributed by atoms with Gasteiger partial charge < -0.3 is 14.8 Å². The van der Waals surface area contributed by atoms with E-state index in [-0.39, 0.29) is 24.5 Å². The lowest BCUT2D eigenvalue weighted by molar-refractivity contribution is -0.151. The number of hydrogen-bond donors (Lipinski definition) is 1. The zero-order chi connectivity index (χ0) is 18.8. The minimum atomic E-state index is -0.790. The number of ether oxygens (including phenoxy) is 2. The van der Waals surface area contributed by atoms with Gasteiger partial charge in [-0.3, -0.25) is 14.4 Å². The van der Waals surface area contributed by atoms with Gasteiger partial charge in [0, 0.05) is 6.42 Å². The molecule has 1 N–H and O–H groups in total. The van der Waals surface area contributed by atoms with Gasteiger partial charge in [-0.2, -0.15) is 0 Å². The molecule has 1 aromatic heterocycles. The Bertz CT molecular complexity index is 598. The number of carbonyl (C=O) groups is 4. The number of amides is 1. The first kappa shape index (κ1) is 20.8. The lowest BCUT2D eigenvalue weighted by Gasteiger charge is -2.21. The van der Waals surface area contributed by atoms with Gasteiger partial charge in [0.05, 0.1) is 18.4 Å². The minimum absolute atomic E-state index is 0.0264. The Kier molecular flexibility index (Phi) is 8.83. The Labute approximate surface area is 150 Å². The first-order valence-electron chi connectivity index (χ1n) is 7.98. The van der Waals surface area contributed by atoms with Gasteiger partial charge in [-0.25, -0.2) is 4.79 Å². The van der Waals surface area contributed by atoms with Crippen LogP contribution in [0.2, 0.25) is 0 Å². The first-order chi connectivity index (χ1) is 11.9. The monoisotopic (exact) mass is 369 g/mol. The zero-order valence-corrected chi connectivity index (χ0v) is 15.4. The van der Waals surface area contributed by atoms with Crippen LogP contribution in [-0.4, -0.2) is 43.4 Å². The van der Waals surface area contributed by atoms with Gasteiger partial charge in [0.2, 0.25) is 0 Å². The summed E-state index contributed by atoms with van der Waals surface area (Å²) in [6, 6.07) is 2.66. The second kappa shape index (κ2) is 10.6. The van der Waals surface area contributed by atoms with Crippen molar-refractivity contribution in [3.63, 3.8) is 0 Å². The highest BCUT2D eigenvalue weighted by atomic mass is 32.1. The highest BCUT2D eigenvalue weighted by Gasteiger charge is 2.26. The maximum Gasteiger partial charge on any atom is 0.328 e. The Balaban J connectivity index is 2.37. The molecular formula is C17H23NO6S. The zero-order valence-electron chi connectivity index (χ0n) is 14.6. The fraction of sp³-hybridized carbons (Fsp3) is 0.529. The molecule has 1 amide bonds. The number of thiophene rings is 1. The Morgan fingerprint density at radius 3 is 2.52 bits per heavy atom. The molecule has 0 aliphatic rings. The van der Waals surface area contributed by atoms with Gasteiger partial charge in [-0.05, 0) is 17.4 Å². The smallest absolute Gasteiger partial charge is 0.328 e. The van der Waals surface area contributed by atoms with Crippen molar-refractivity contribution in [2.24, 2.45) is 5.92 Å². The number of hydrogen-bond acceptors (Lipinski definition) is 7. The lowest BCUT2D eigenvalue weighted by Crippen LogP contribution is -2.47. The van der Waals surface area contributed by atoms with E-state index < -0.39 is 30.5 Å². The molecule has 0 aromatic carbocycles. The lowest BCUT2D eigenvalue weighted by atomic mass is 9.99. The number of methoxy groups -OCH3 is 1. The van der Waals surface area contributed by atoms with Crippen LogP contribution in [0, 0.1) is 5.92 Å². The van der Waals surface area contributed by atoms with Crippen LogP contribution in [0.4, 0.5) is 0 Å². The number of Topliss-reactive ketones (excluding diaryl/α,β-unsaturated/α-hetero) is 1. The third-order valence-corrected chi connectivity index (χ3v) is 4.61. The molecule has 0 aliphatic heterocycles. The Morgan fingerprint density at radius 1 is 1.24 bits per heavy atom. The normalized spacial score (nSPS) is 12.8. The molecule has 138 valence electrons. The van der Waals surface area contributed by atoms with Gasteiger partial charge in [-0.1, -0.05) is 26.3 Å². The van der Waals surface area contributed by atoms with Crippen molar-refractivity contribution >= 4 is 35.0 Å². The molecule has 25 heavy (non-hydrogen) atoms. The van der Waals surface area contributed by atoms with Gasteiger partial charge in [0.25, 0.3) is 5.91 Å². The molecule has 1 heterocycles. The van der Waals surface area contributed by atoms with Crippen LogP contribution in [0.15, 0.2) is 17.5 Å². The standard InChI is InChI=1S/C17H23NO6S/c1-4-11(2)16(17(22)23-3)18-14(20)10-24-15(21)8-7-12(19)13-6-5-9-25-13/h5-6,9,11,16H,4,7-8,10H2,1-3H3,(H,18,20)/t11-,16+/m1/s1. The summed E-state index contributed by atoms with van der Waals surface area (Å²) in [5, 5.41) is 4.29. The van der Waals surface area contributed by atoms with Crippen molar-refractivity contribution in [3.05, 3.63) is 22.4 Å². The van der Waals surface area contributed by atoms with E-state index in [2.05, 4.69) is 10.1 Å². The summed E-state index contributed by atoms with van der Waals surface area (Å²) < 4.78 is 9.51.